The maximum Gasteiger partial charge on any atom is 0.265 e. The van der Waals surface area contributed by atoms with E-state index >= 15 is 0 Å². The molecule has 1 aromatic heterocycles. The van der Waals surface area contributed by atoms with Crippen LogP contribution in [0.2, 0.25) is 0 Å². The third kappa shape index (κ3) is 3.79. The third-order valence-corrected chi connectivity index (χ3v) is 6.21. The summed E-state index contributed by atoms with van der Waals surface area (Å²) in [5.41, 5.74) is 0.752. The van der Waals surface area contributed by atoms with E-state index in [-0.39, 0.29) is 23.1 Å². The van der Waals surface area contributed by atoms with Crippen LogP contribution in [0.3, 0.4) is 0 Å². The largest absolute Gasteiger partial charge is 0.353 e. The van der Waals surface area contributed by atoms with Crippen molar-refractivity contribution in [3.8, 4) is 0 Å². The minimum absolute atomic E-state index is 0.0319. The molecule has 3 rings (SSSR count). The first-order valence-corrected chi connectivity index (χ1v) is 9.65. The second kappa shape index (κ2) is 6.47. The molecule has 1 saturated heterocycles. The van der Waals surface area contributed by atoms with E-state index in [1.165, 1.54) is 11.3 Å². The summed E-state index contributed by atoms with van der Waals surface area (Å²) in [4.78, 5) is 32.4. The number of aromatic nitrogens is 1. The number of likely N-dealkylation sites (tertiary alicyclic amines) is 1. The van der Waals surface area contributed by atoms with Crippen molar-refractivity contribution in [2.45, 2.75) is 64.8 Å². The molecule has 1 N–H and O–H groups in total. The van der Waals surface area contributed by atoms with Gasteiger partial charge in [0.05, 0.1) is 16.6 Å². The number of nitrogens with zero attached hydrogens (tertiary/aromatic N) is 2. The van der Waals surface area contributed by atoms with E-state index in [1.54, 1.807) is 0 Å². The quantitative estimate of drug-likeness (QED) is 0.913. The van der Waals surface area contributed by atoms with Gasteiger partial charge in [-0.25, -0.2) is 4.98 Å². The average molecular weight is 350 g/mol. The Kier molecular flexibility index (Phi) is 4.69. The third-order valence-electron chi connectivity index (χ3n) is 4.64. The molecule has 5 nitrogen and oxygen atoms in total. The van der Waals surface area contributed by atoms with Crippen LogP contribution in [0, 0.1) is 12.8 Å². The van der Waals surface area contributed by atoms with Crippen molar-refractivity contribution in [3.05, 3.63) is 15.6 Å². The van der Waals surface area contributed by atoms with Gasteiger partial charge in [0, 0.05) is 24.5 Å². The summed E-state index contributed by atoms with van der Waals surface area (Å²) in [7, 11) is 0. The molecule has 1 atom stereocenters. The number of rotatable bonds is 3. The van der Waals surface area contributed by atoms with Crippen molar-refractivity contribution in [3.63, 3.8) is 0 Å². The predicted molar refractivity (Wildman–Crippen MR) is 95.3 cm³/mol. The summed E-state index contributed by atoms with van der Waals surface area (Å²) in [6.45, 7) is 9.49. The summed E-state index contributed by atoms with van der Waals surface area (Å²) >= 11 is 1.50. The Morgan fingerprint density at radius 2 is 1.96 bits per heavy atom. The van der Waals surface area contributed by atoms with E-state index in [1.807, 2.05) is 11.8 Å². The molecule has 2 aliphatic rings. The van der Waals surface area contributed by atoms with Crippen LogP contribution in [0.5, 0.6) is 0 Å². The molecule has 0 radical (unpaired) electrons. The molecule has 0 spiro atoms. The van der Waals surface area contributed by atoms with E-state index in [0.717, 1.165) is 47.8 Å². The molecule has 24 heavy (non-hydrogen) atoms. The predicted octanol–water partition coefficient (Wildman–Crippen LogP) is 2.88. The standard InChI is InChI=1S/C18H27N3O2S/c1-11-14(24-17(19-11)18(2,3)4)16(23)21-9-5-6-12(10-21)15(22)20-13-7-8-13/h12-13H,5-10H2,1-4H3,(H,20,22)/t12-/m0/s1. The fourth-order valence-electron chi connectivity index (χ4n) is 2.98. The van der Waals surface area contributed by atoms with Crippen molar-refractivity contribution in [1.29, 1.82) is 0 Å². The first kappa shape index (κ1) is 17.4. The van der Waals surface area contributed by atoms with Gasteiger partial charge in [-0.1, -0.05) is 20.8 Å². The summed E-state index contributed by atoms with van der Waals surface area (Å²) in [5.74, 6) is 0.0782. The fraction of sp³-hybridized carbons (Fsp3) is 0.722. The van der Waals surface area contributed by atoms with Crippen LogP contribution in [0.4, 0.5) is 0 Å². The maximum absolute atomic E-state index is 12.9. The van der Waals surface area contributed by atoms with Gasteiger partial charge in [0.25, 0.3) is 5.91 Å². The Labute approximate surface area is 147 Å². The highest BCUT2D eigenvalue weighted by molar-refractivity contribution is 7.14. The molecule has 2 amide bonds. The lowest BCUT2D eigenvalue weighted by Gasteiger charge is -2.32. The van der Waals surface area contributed by atoms with E-state index < -0.39 is 0 Å². The zero-order valence-corrected chi connectivity index (χ0v) is 15.8. The van der Waals surface area contributed by atoms with Crippen molar-refractivity contribution in [1.82, 2.24) is 15.2 Å². The van der Waals surface area contributed by atoms with Gasteiger partial charge in [-0.05, 0) is 32.6 Å². The van der Waals surface area contributed by atoms with Crippen LogP contribution in [0.1, 0.15) is 66.8 Å². The number of nitrogens with one attached hydrogen (secondary N) is 1. The molecule has 1 aliphatic carbocycles. The number of carbonyl (C=O) groups is 2. The van der Waals surface area contributed by atoms with Gasteiger partial charge in [-0.3, -0.25) is 9.59 Å². The average Bonchev–Trinajstić information content (AvgIpc) is 3.24. The van der Waals surface area contributed by atoms with Crippen LogP contribution in [0.25, 0.3) is 0 Å². The second-order valence-electron chi connectivity index (χ2n) is 8.06. The van der Waals surface area contributed by atoms with Crippen molar-refractivity contribution >= 4 is 23.2 Å². The highest BCUT2D eigenvalue weighted by Gasteiger charge is 2.33. The zero-order valence-electron chi connectivity index (χ0n) is 15.0. The van der Waals surface area contributed by atoms with Crippen molar-refractivity contribution in [2.75, 3.05) is 13.1 Å². The molecule has 6 heteroatoms. The Morgan fingerprint density at radius 3 is 2.54 bits per heavy atom. The molecule has 1 saturated carbocycles. The van der Waals surface area contributed by atoms with E-state index in [0.29, 0.717) is 12.6 Å². The molecule has 0 unspecified atom stereocenters. The lowest BCUT2D eigenvalue weighted by atomic mass is 9.97. The highest BCUT2D eigenvalue weighted by Crippen LogP contribution is 2.31. The molecular weight excluding hydrogens is 322 g/mol. The molecule has 2 fully saturated rings. The van der Waals surface area contributed by atoms with Crippen LogP contribution in [0.15, 0.2) is 0 Å². The number of hydrogen-bond acceptors (Lipinski definition) is 4. The number of hydrogen-bond donors (Lipinski definition) is 1. The van der Waals surface area contributed by atoms with Gasteiger partial charge < -0.3 is 10.2 Å². The number of thiazole rings is 1. The first-order valence-electron chi connectivity index (χ1n) is 8.83. The Bertz CT molecular complexity index is 643. The van der Waals surface area contributed by atoms with Gasteiger partial charge in [0.1, 0.15) is 4.88 Å². The first-order chi connectivity index (χ1) is 11.3. The summed E-state index contributed by atoms with van der Waals surface area (Å²) in [6, 6.07) is 0.377. The molecule has 1 aliphatic heterocycles. The number of carbonyl (C=O) groups excluding carboxylic acids is 2. The van der Waals surface area contributed by atoms with Gasteiger partial charge >= 0.3 is 0 Å². The van der Waals surface area contributed by atoms with E-state index in [9.17, 15) is 9.59 Å². The van der Waals surface area contributed by atoms with Gasteiger partial charge in [-0.15, -0.1) is 11.3 Å². The molecule has 0 aromatic carbocycles. The smallest absolute Gasteiger partial charge is 0.265 e. The zero-order chi connectivity index (χ0) is 17.5. The molecule has 132 valence electrons. The van der Waals surface area contributed by atoms with Crippen molar-refractivity contribution < 1.29 is 9.59 Å². The highest BCUT2D eigenvalue weighted by atomic mass is 32.1. The summed E-state index contributed by atoms with van der Waals surface area (Å²) in [6.07, 6.45) is 3.95. The molecule has 1 aromatic rings. The van der Waals surface area contributed by atoms with E-state index in [4.69, 9.17) is 0 Å². The lowest BCUT2D eigenvalue weighted by Crippen LogP contribution is -2.45. The Morgan fingerprint density at radius 1 is 1.25 bits per heavy atom. The summed E-state index contributed by atoms with van der Waals surface area (Å²) < 4.78 is 0. The van der Waals surface area contributed by atoms with Crippen LogP contribution >= 0.6 is 11.3 Å². The van der Waals surface area contributed by atoms with Crippen LogP contribution < -0.4 is 5.32 Å². The molecule has 2 heterocycles. The molecular formula is C18H27N3O2S. The Balaban J connectivity index is 1.70. The minimum atomic E-state index is -0.0707. The van der Waals surface area contributed by atoms with Gasteiger partial charge in [-0.2, -0.15) is 0 Å². The van der Waals surface area contributed by atoms with Crippen LogP contribution in [-0.2, 0) is 10.2 Å². The monoisotopic (exact) mass is 349 g/mol. The van der Waals surface area contributed by atoms with E-state index in [2.05, 4.69) is 31.1 Å². The number of piperidine rings is 1. The summed E-state index contributed by atoms with van der Waals surface area (Å²) in [5, 5.41) is 4.06. The minimum Gasteiger partial charge on any atom is -0.353 e. The number of amides is 2. The van der Waals surface area contributed by atoms with Crippen LogP contribution in [-0.4, -0.2) is 40.8 Å². The SMILES string of the molecule is Cc1nc(C(C)(C)C)sc1C(=O)N1CCC[C@H](C(=O)NC2CC2)C1. The Hall–Kier alpha value is -1.43. The second-order valence-corrected chi connectivity index (χ2v) is 9.06. The van der Waals surface area contributed by atoms with Crippen molar-refractivity contribution in [2.24, 2.45) is 5.92 Å². The topological polar surface area (TPSA) is 62.3 Å². The lowest BCUT2D eigenvalue weighted by molar-refractivity contribution is -0.126. The normalized spacial score (nSPS) is 21.7. The fourth-order valence-corrected chi connectivity index (χ4v) is 4.07. The van der Waals surface area contributed by atoms with Gasteiger partial charge in [0.2, 0.25) is 5.91 Å². The maximum atomic E-state index is 12.9. The molecule has 0 bridgehead atoms. The van der Waals surface area contributed by atoms with Gasteiger partial charge in [0.15, 0.2) is 0 Å². The number of aryl methyl sites for hydroxylation is 1.